The number of carbonyl (C=O) groups excluding carboxylic acids is 1. The zero-order valence-electron chi connectivity index (χ0n) is 20.6. The molecule has 8 nitrogen and oxygen atoms in total. The largest absolute Gasteiger partial charge is 0.503 e. The summed E-state index contributed by atoms with van der Waals surface area (Å²) in [6.45, 7) is 1.64. The molecule has 0 aliphatic heterocycles. The summed E-state index contributed by atoms with van der Waals surface area (Å²) in [6, 6.07) is 13.0. The van der Waals surface area contributed by atoms with Crippen LogP contribution in [0.15, 0.2) is 65.3 Å². The van der Waals surface area contributed by atoms with Crippen LogP contribution in [-0.2, 0) is 6.18 Å². The Labute approximate surface area is 225 Å². The number of amides is 1. The van der Waals surface area contributed by atoms with Crippen molar-refractivity contribution in [3.8, 4) is 11.5 Å². The lowest BCUT2D eigenvalue weighted by atomic mass is 10.0. The van der Waals surface area contributed by atoms with Gasteiger partial charge >= 0.3 is 6.18 Å². The smallest absolute Gasteiger partial charge is 0.416 e. The van der Waals surface area contributed by atoms with Gasteiger partial charge in [-0.05, 0) is 42.3 Å². The fourth-order valence-electron chi connectivity index (χ4n) is 4.68. The molecule has 4 atom stereocenters. The molecule has 39 heavy (non-hydrogen) atoms. The molecule has 2 heterocycles. The second-order valence-corrected chi connectivity index (χ2v) is 9.58. The molecule has 0 spiro atoms. The highest BCUT2D eigenvalue weighted by Crippen LogP contribution is 2.66. The van der Waals surface area contributed by atoms with Crippen molar-refractivity contribution in [2.45, 2.75) is 36.9 Å². The predicted molar refractivity (Wildman–Crippen MR) is 134 cm³/mol. The average molecular weight is 559 g/mol. The van der Waals surface area contributed by atoms with E-state index in [0.29, 0.717) is 16.5 Å². The highest BCUT2D eigenvalue weighted by molar-refractivity contribution is 6.30. The summed E-state index contributed by atoms with van der Waals surface area (Å²) >= 11 is 6.05. The summed E-state index contributed by atoms with van der Waals surface area (Å²) < 4.78 is 49.9. The fraction of sp³-hybridized carbons (Fsp3) is 0.259. The van der Waals surface area contributed by atoms with E-state index < -0.39 is 29.4 Å². The fourth-order valence-corrected chi connectivity index (χ4v) is 4.81. The number of nitrogens with zero attached hydrogens (tertiary/aromatic N) is 3. The molecule has 0 radical (unpaired) electrons. The Kier molecular flexibility index (Phi) is 6.94. The number of hydrogen-bond acceptors (Lipinski definition) is 7. The molecule has 1 saturated carbocycles. The minimum atomic E-state index is -4.43. The maximum absolute atomic E-state index is 13.1. The monoisotopic (exact) mass is 558 g/mol. The first kappa shape index (κ1) is 26.5. The molecule has 12 heteroatoms. The number of alkyl halides is 3. The zero-order valence-corrected chi connectivity index (χ0v) is 21.4. The topological polar surface area (TPSA) is 110 Å². The van der Waals surface area contributed by atoms with Crippen LogP contribution in [0.4, 0.5) is 13.2 Å². The molecule has 2 aromatic heterocycles. The van der Waals surface area contributed by atoms with Crippen LogP contribution in [0.3, 0.4) is 0 Å². The molecule has 4 aromatic rings. The highest BCUT2D eigenvalue weighted by atomic mass is 35.5. The van der Waals surface area contributed by atoms with Gasteiger partial charge in [0.25, 0.3) is 5.91 Å². The minimum absolute atomic E-state index is 0.0981. The maximum Gasteiger partial charge on any atom is 0.416 e. The van der Waals surface area contributed by atoms with E-state index in [4.69, 9.17) is 20.9 Å². The van der Waals surface area contributed by atoms with Crippen molar-refractivity contribution in [3.05, 3.63) is 99.9 Å². The second kappa shape index (κ2) is 10.2. The minimum Gasteiger partial charge on any atom is -0.503 e. The van der Waals surface area contributed by atoms with Crippen molar-refractivity contribution in [3.63, 3.8) is 0 Å². The van der Waals surface area contributed by atoms with Crippen LogP contribution in [-0.4, -0.2) is 33.2 Å². The zero-order chi connectivity index (χ0) is 27.9. The molecule has 5 rings (SSSR count). The molecule has 2 N–H and O–H groups in total. The van der Waals surface area contributed by atoms with Crippen LogP contribution in [0, 0.1) is 0 Å². The van der Waals surface area contributed by atoms with Gasteiger partial charge in [0.2, 0.25) is 5.89 Å². The Hall–Kier alpha value is -4.12. The summed E-state index contributed by atoms with van der Waals surface area (Å²) in [5.74, 6) is -1.12. The summed E-state index contributed by atoms with van der Waals surface area (Å²) in [6.07, 6.45) is -3.10. The van der Waals surface area contributed by atoms with Gasteiger partial charge in [0, 0.05) is 29.1 Å². The number of benzene rings is 2. The average Bonchev–Trinajstić information content (AvgIpc) is 3.45. The van der Waals surface area contributed by atoms with Gasteiger partial charge < -0.3 is 19.7 Å². The van der Waals surface area contributed by atoms with Crippen LogP contribution in [0.25, 0.3) is 0 Å². The Bertz CT molecular complexity index is 1490. The highest BCUT2D eigenvalue weighted by Gasteiger charge is 2.56. The molecule has 3 unspecified atom stereocenters. The number of rotatable bonds is 7. The lowest BCUT2D eigenvalue weighted by Gasteiger charge is -2.11. The summed E-state index contributed by atoms with van der Waals surface area (Å²) in [4.78, 5) is 21.1. The molecule has 1 aliphatic rings. The summed E-state index contributed by atoms with van der Waals surface area (Å²) in [7, 11) is 1.35. The molecule has 2 aromatic carbocycles. The molecular formula is C27H22ClF3N4O4. The molecule has 0 bridgehead atoms. The van der Waals surface area contributed by atoms with Crippen LogP contribution in [0.1, 0.15) is 69.6 Å². The molecule has 1 fully saturated rings. The van der Waals surface area contributed by atoms with Crippen molar-refractivity contribution in [1.29, 1.82) is 0 Å². The number of ether oxygens (including phenoxy) is 1. The van der Waals surface area contributed by atoms with E-state index in [1.165, 1.54) is 31.5 Å². The Balaban J connectivity index is 1.38. The van der Waals surface area contributed by atoms with Crippen molar-refractivity contribution in [2.75, 3.05) is 7.11 Å². The lowest BCUT2D eigenvalue weighted by molar-refractivity contribution is -0.137. The van der Waals surface area contributed by atoms with Crippen LogP contribution in [0.2, 0.25) is 5.02 Å². The van der Waals surface area contributed by atoms with E-state index in [1.807, 2.05) is 12.1 Å². The maximum atomic E-state index is 13.1. The van der Waals surface area contributed by atoms with Crippen molar-refractivity contribution >= 4 is 17.5 Å². The first-order chi connectivity index (χ1) is 18.6. The number of aromatic nitrogens is 3. The number of aromatic hydroxyl groups is 1. The van der Waals surface area contributed by atoms with Crippen molar-refractivity contribution < 1.29 is 32.3 Å². The van der Waals surface area contributed by atoms with E-state index >= 15 is 0 Å². The quantitative estimate of drug-likeness (QED) is 0.286. The third-order valence-electron chi connectivity index (χ3n) is 6.70. The van der Waals surface area contributed by atoms with Gasteiger partial charge in [-0.15, -0.1) is 0 Å². The Morgan fingerprint density at radius 2 is 1.67 bits per heavy atom. The number of carbonyl (C=O) groups is 1. The standard InChI is InChI=1S/C27H22ClF3N4O4/c1-13(33-25(37)22-23(36)18(38-2)11-12-32-22)24-34-26(39-35-24)21-19(20(21)15-5-9-17(28)10-6-15)14-3-7-16(8-4-14)27(29,30)31/h3-13,19-21,36H,1-2H3,(H,33,37)/t13-,19?,20?,21?/m0/s1. The van der Waals surface area contributed by atoms with Gasteiger partial charge in [0.05, 0.1) is 24.6 Å². The lowest BCUT2D eigenvalue weighted by Crippen LogP contribution is -2.28. The third kappa shape index (κ3) is 5.26. The summed E-state index contributed by atoms with van der Waals surface area (Å²) in [5.41, 5.74) is 0.675. The van der Waals surface area contributed by atoms with Gasteiger partial charge in [0.1, 0.15) is 0 Å². The normalized spacial score (nSPS) is 19.4. The van der Waals surface area contributed by atoms with Gasteiger partial charge in [0.15, 0.2) is 23.0 Å². The van der Waals surface area contributed by atoms with Crippen LogP contribution in [0.5, 0.6) is 11.5 Å². The second-order valence-electron chi connectivity index (χ2n) is 9.15. The van der Waals surface area contributed by atoms with Crippen molar-refractivity contribution in [1.82, 2.24) is 20.4 Å². The molecule has 0 saturated heterocycles. The van der Waals surface area contributed by atoms with Crippen LogP contribution < -0.4 is 10.1 Å². The number of hydrogen-bond donors (Lipinski definition) is 2. The van der Waals surface area contributed by atoms with Gasteiger partial charge in [-0.2, -0.15) is 18.2 Å². The van der Waals surface area contributed by atoms with E-state index in [-0.39, 0.29) is 35.0 Å². The van der Waals surface area contributed by atoms with E-state index in [0.717, 1.165) is 17.7 Å². The Morgan fingerprint density at radius 1 is 1.05 bits per heavy atom. The summed E-state index contributed by atoms with van der Waals surface area (Å²) in [5, 5.41) is 17.5. The number of nitrogens with one attached hydrogen (secondary N) is 1. The predicted octanol–water partition coefficient (Wildman–Crippen LogP) is 6.01. The SMILES string of the molecule is COc1ccnc(C(=O)N[C@@H](C)c2noc(C3C(c4ccc(Cl)cc4)C3c3ccc(C(F)(F)F)cc3)n2)c1O. The molecule has 1 aliphatic carbocycles. The third-order valence-corrected chi connectivity index (χ3v) is 6.95. The molecule has 202 valence electrons. The first-order valence-electron chi connectivity index (χ1n) is 11.9. The number of methoxy groups -OCH3 is 1. The van der Waals surface area contributed by atoms with Gasteiger partial charge in [-0.25, -0.2) is 4.98 Å². The molecule has 1 amide bonds. The number of pyridine rings is 1. The van der Waals surface area contributed by atoms with Crippen molar-refractivity contribution in [2.24, 2.45) is 0 Å². The first-order valence-corrected chi connectivity index (χ1v) is 12.2. The van der Waals surface area contributed by atoms with Gasteiger partial charge in [-0.1, -0.05) is 41.0 Å². The Morgan fingerprint density at radius 3 is 2.26 bits per heavy atom. The van der Waals surface area contributed by atoms with E-state index in [9.17, 15) is 23.1 Å². The molecular weight excluding hydrogens is 537 g/mol. The van der Waals surface area contributed by atoms with Gasteiger partial charge in [-0.3, -0.25) is 4.79 Å². The number of halogens is 4. The van der Waals surface area contributed by atoms with E-state index in [1.54, 1.807) is 19.1 Å². The van der Waals surface area contributed by atoms with E-state index in [2.05, 4.69) is 20.4 Å². The van der Waals surface area contributed by atoms with Crippen LogP contribution >= 0.6 is 11.6 Å².